The fraction of sp³-hybridized carbons (Fsp3) is 0.407. The minimum Gasteiger partial charge on any atom is -0.505 e. The topological polar surface area (TPSA) is 66.4 Å². The molecule has 3 rings (SSSR count). The highest BCUT2D eigenvalue weighted by molar-refractivity contribution is 6.50. The van der Waals surface area contributed by atoms with Crippen LogP contribution in [-0.2, 0) is 16.1 Å². The molecule has 0 spiro atoms. The predicted molar refractivity (Wildman–Crippen MR) is 124 cm³/mol. The van der Waals surface area contributed by atoms with Gasteiger partial charge in [0.1, 0.15) is 5.76 Å². The van der Waals surface area contributed by atoms with Gasteiger partial charge in [-0.2, -0.15) is 0 Å². The highest BCUT2D eigenvalue weighted by Crippen LogP contribution is 2.43. The molecule has 2 N–H and O–H groups in total. The first-order valence-electron chi connectivity index (χ1n) is 11.2. The number of hydrogen-bond donors (Lipinski definition) is 2. The van der Waals surface area contributed by atoms with Crippen LogP contribution in [0.2, 0.25) is 0 Å². The molecule has 0 amide bonds. The van der Waals surface area contributed by atoms with Crippen LogP contribution < -0.4 is 5.32 Å². The van der Waals surface area contributed by atoms with Crippen LogP contribution in [0.1, 0.15) is 58.4 Å². The lowest BCUT2D eigenvalue weighted by atomic mass is 9.77. The monoisotopic (exact) mass is 419 g/mol. The molecule has 0 fully saturated rings. The third-order valence-corrected chi connectivity index (χ3v) is 6.27. The molecule has 164 valence electrons. The van der Waals surface area contributed by atoms with Crippen molar-refractivity contribution in [2.75, 3.05) is 0 Å². The summed E-state index contributed by atoms with van der Waals surface area (Å²) in [6.45, 7) is 10.6. The predicted octanol–water partition coefficient (Wildman–Crippen LogP) is 5.73. The molecular formula is C27H33NO3. The molecule has 0 radical (unpaired) electrons. The maximum atomic E-state index is 13.2. The SMILES string of the molecule is C=C(C)[C@@H]1CC(C)=C[C@H]1C1=C(O)C(NCc2ccccc2)=C(CCCCC)C(=O)C1=O. The minimum absolute atomic E-state index is 0.0194. The molecule has 4 heteroatoms. The molecule has 31 heavy (non-hydrogen) atoms. The Hall–Kier alpha value is -2.88. The number of aliphatic hydroxyl groups excluding tert-OH is 1. The molecule has 2 atom stereocenters. The third-order valence-electron chi connectivity index (χ3n) is 6.27. The second kappa shape index (κ2) is 9.95. The zero-order valence-electron chi connectivity index (χ0n) is 18.8. The van der Waals surface area contributed by atoms with E-state index >= 15 is 0 Å². The number of unbranched alkanes of at least 4 members (excludes halogenated alkanes) is 2. The van der Waals surface area contributed by atoms with Gasteiger partial charge in [0.2, 0.25) is 11.6 Å². The summed E-state index contributed by atoms with van der Waals surface area (Å²) in [5.74, 6) is -1.44. The zero-order valence-corrected chi connectivity index (χ0v) is 18.8. The van der Waals surface area contributed by atoms with Gasteiger partial charge in [0.15, 0.2) is 0 Å². The second-order valence-electron chi connectivity index (χ2n) is 8.77. The molecule has 0 saturated carbocycles. The van der Waals surface area contributed by atoms with Crippen LogP contribution in [0.15, 0.2) is 76.7 Å². The van der Waals surface area contributed by atoms with Crippen LogP contribution in [-0.4, -0.2) is 16.7 Å². The molecule has 1 aromatic rings. The molecule has 0 bridgehead atoms. The number of carbonyl (C=O) groups is 2. The molecule has 0 aliphatic heterocycles. The molecule has 0 aromatic heterocycles. The van der Waals surface area contributed by atoms with Gasteiger partial charge in [0.05, 0.1) is 11.3 Å². The summed E-state index contributed by atoms with van der Waals surface area (Å²) in [5, 5.41) is 14.6. The Labute approximate surface area is 185 Å². The van der Waals surface area contributed by atoms with E-state index in [4.69, 9.17) is 0 Å². The number of allylic oxidation sites excluding steroid dienone is 5. The first-order chi connectivity index (χ1) is 14.8. The molecule has 4 nitrogen and oxygen atoms in total. The van der Waals surface area contributed by atoms with Gasteiger partial charge in [-0.1, -0.05) is 73.9 Å². The minimum atomic E-state index is -0.573. The van der Waals surface area contributed by atoms with Gasteiger partial charge in [0.25, 0.3) is 0 Å². The van der Waals surface area contributed by atoms with E-state index in [9.17, 15) is 14.7 Å². The Kier molecular flexibility index (Phi) is 7.32. The summed E-state index contributed by atoms with van der Waals surface area (Å²) < 4.78 is 0. The number of rotatable bonds is 9. The van der Waals surface area contributed by atoms with Gasteiger partial charge in [-0.15, -0.1) is 0 Å². The quantitative estimate of drug-likeness (QED) is 0.232. The van der Waals surface area contributed by atoms with E-state index in [1.807, 2.05) is 50.3 Å². The average Bonchev–Trinajstić information content (AvgIpc) is 3.13. The molecule has 0 unspecified atom stereocenters. The van der Waals surface area contributed by atoms with E-state index in [0.717, 1.165) is 42.4 Å². The summed E-state index contributed by atoms with van der Waals surface area (Å²) in [6.07, 6.45) is 6.07. The maximum absolute atomic E-state index is 13.2. The molecule has 0 saturated heterocycles. The standard InChI is InChI=1S/C27H33NO3/c1-5-6-8-13-20-24(28-16-19-11-9-7-10-12-19)26(30)23(27(31)25(20)29)22-15-18(4)14-21(22)17(2)3/h7,9-12,15,21-22,28,30H,2,5-6,8,13-14,16H2,1,3-4H3/t21-,22+/m0/s1. The third kappa shape index (κ3) is 4.90. The lowest BCUT2D eigenvalue weighted by Gasteiger charge is -2.28. The van der Waals surface area contributed by atoms with Crippen LogP contribution in [0, 0.1) is 11.8 Å². The molecule has 2 aliphatic carbocycles. The van der Waals surface area contributed by atoms with Crippen molar-refractivity contribution in [3.63, 3.8) is 0 Å². The van der Waals surface area contributed by atoms with Crippen molar-refractivity contribution in [2.45, 2.75) is 59.4 Å². The summed E-state index contributed by atoms with van der Waals surface area (Å²) in [4.78, 5) is 26.3. The molecule has 0 heterocycles. The van der Waals surface area contributed by atoms with Crippen LogP contribution in [0.5, 0.6) is 0 Å². The Bertz CT molecular complexity index is 965. The Morgan fingerprint density at radius 3 is 2.52 bits per heavy atom. The zero-order chi connectivity index (χ0) is 22.5. The van der Waals surface area contributed by atoms with E-state index in [1.165, 1.54) is 0 Å². The lowest BCUT2D eigenvalue weighted by molar-refractivity contribution is -0.133. The number of ketones is 2. The second-order valence-corrected chi connectivity index (χ2v) is 8.77. The van der Waals surface area contributed by atoms with Crippen molar-refractivity contribution in [1.29, 1.82) is 0 Å². The Morgan fingerprint density at radius 1 is 1.16 bits per heavy atom. The summed E-state index contributed by atoms with van der Waals surface area (Å²) in [7, 11) is 0. The van der Waals surface area contributed by atoms with Gasteiger partial charge >= 0.3 is 0 Å². The highest BCUT2D eigenvalue weighted by Gasteiger charge is 2.42. The molecule has 1 aromatic carbocycles. The lowest BCUT2D eigenvalue weighted by Crippen LogP contribution is -2.34. The van der Waals surface area contributed by atoms with E-state index in [2.05, 4.69) is 18.8 Å². The van der Waals surface area contributed by atoms with Crippen molar-refractivity contribution in [3.05, 3.63) is 82.3 Å². The molecular weight excluding hydrogens is 386 g/mol. The Balaban J connectivity index is 2.03. The number of nitrogens with one attached hydrogen (secondary N) is 1. The van der Waals surface area contributed by atoms with Crippen LogP contribution in [0.3, 0.4) is 0 Å². The van der Waals surface area contributed by atoms with Gasteiger partial charge in [-0.3, -0.25) is 9.59 Å². The number of carbonyl (C=O) groups excluding carboxylic acids is 2. The largest absolute Gasteiger partial charge is 0.505 e. The fourth-order valence-corrected chi connectivity index (χ4v) is 4.56. The van der Waals surface area contributed by atoms with Crippen molar-refractivity contribution in [3.8, 4) is 0 Å². The number of Topliss-reactive ketones (excluding diaryl/α,β-unsaturated/α-hetero) is 2. The van der Waals surface area contributed by atoms with Crippen molar-refractivity contribution in [2.24, 2.45) is 11.8 Å². The van der Waals surface area contributed by atoms with Gasteiger partial charge in [0, 0.05) is 18.0 Å². The number of benzene rings is 1. The van der Waals surface area contributed by atoms with E-state index < -0.39 is 11.6 Å². The fourth-order valence-electron chi connectivity index (χ4n) is 4.56. The van der Waals surface area contributed by atoms with E-state index in [1.54, 1.807) is 0 Å². The van der Waals surface area contributed by atoms with Crippen LogP contribution in [0.25, 0.3) is 0 Å². The first kappa shape index (κ1) is 22.8. The van der Waals surface area contributed by atoms with E-state index in [0.29, 0.717) is 24.2 Å². The summed E-state index contributed by atoms with van der Waals surface area (Å²) >= 11 is 0. The maximum Gasteiger partial charge on any atom is 0.233 e. The van der Waals surface area contributed by atoms with Gasteiger partial charge in [-0.05, 0) is 44.6 Å². The van der Waals surface area contributed by atoms with Gasteiger partial charge < -0.3 is 10.4 Å². The van der Waals surface area contributed by atoms with Crippen LogP contribution >= 0.6 is 0 Å². The smallest absolute Gasteiger partial charge is 0.233 e. The summed E-state index contributed by atoms with van der Waals surface area (Å²) in [5.41, 5.74) is 4.17. The Morgan fingerprint density at radius 2 is 1.87 bits per heavy atom. The van der Waals surface area contributed by atoms with Crippen molar-refractivity contribution >= 4 is 11.6 Å². The number of aliphatic hydroxyl groups is 1. The average molecular weight is 420 g/mol. The first-order valence-corrected chi connectivity index (χ1v) is 11.2. The van der Waals surface area contributed by atoms with Crippen LogP contribution in [0.4, 0.5) is 0 Å². The van der Waals surface area contributed by atoms with Gasteiger partial charge in [-0.25, -0.2) is 0 Å². The normalized spacial score (nSPS) is 21.6. The van der Waals surface area contributed by atoms with Crippen molar-refractivity contribution < 1.29 is 14.7 Å². The van der Waals surface area contributed by atoms with Crippen molar-refractivity contribution in [1.82, 2.24) is 5.32 Å². The van der Waals surface area contributed by atoms with E-state index in [-0.39, 0.29) is 23.2 Å². The number of hydrogen-bond acceptors (Lipinski definition) is 4. The molecule has 2 aliphatic rings. The highest BCUT2D eigenvalue weighted by atomic mass is 16.3. The summed E-state index contributed by atoms with van der Waals surface area (Å²) in [6, 6.07) is 9.83.